The van der Waals surface area contributed by atoms with Gasteiger partial charge in [-0.2, -0.15) is 9.64 Å². The van der Waals surface area contributed by atoms with Crippen LogP contribution < -0.4 is 5.11 Å². The van der Waals surface area contributed by atoms with Gasteiger partial charge in [-0.1, -0.05) is 17.2 Å². The van der Waals surface area contributed by atoms with Crippen LogP contribution in [0.4, 0.5) is 0 Å². The molecule has 0 saturated heterocycles. The summed E-state index contributed by atoms with van der Waals surface area (Å²) < 4.78 is 8.44. The van der Waals surface area contributed by atoms with E-state index >= 15 is 0 Å². The molecule has 0 amide bonds. The molecule has 3 aromatic rings. The standard InChI is InChI=1S/C10H4N4O4S2/c11-3-7-10-9(14-19-7)5-1-4(15)2-6(20-18-17-16)8(5)12-13-10/h1-2,15-16H/p-1. The first-order valence-electron chi connectivity index (χ1n) is 5.06. The van der Waals surface area contributed by atoms with Crippen LogP contribution in [0.3, 0.4) is 0 Å². The van der Waals surface area contributed by atoms with E-state index in [9.17, 15) is 5.11 Å². The number of nitrogens with zero attached hydrogens (tertiary/aromatic N) is 4. The topological polar surface area (TPSA) is 124 Å². The van der Waals surface area contributed by atoms with Gasteiger partial charge < -0.3 is 5.11 Å². The number of fused-ring (bicyclic) bond motifs is 3. The molecule has 0 aliphatic carbocycles. The van der Waals surface area contributed by atoms with Crippen molar-refractivity contribution in [3.05, 3.63) is 17.0 Å². The maximum absolute atomic E-state index is 11.7. The van der Waals surface area contributed by atoms with Crippen molar-refractivity contribution in [2.45, 2.75) is 4.90 Å². The second-order valence-corrected chi connectivity index (χ2v) is 5.08. The van der Waals surface area contributed by atoms with Gasteiger partial charge >= 0.3 is 0 Å². The number of hydrogen-bond donors (Lipinski definition) is 1. The first-order valence-corrected chi connectivity index (χ1v) is 6.57. The lowest BCUT2D eigenvalue weighted by Gasteiger charge is -2.10. The van der Waals surface area contributed by atoms with Crippen LogP contribution in [0.25, 0.3) is 21.9 Å². The average Bonchev–Trinajstić information content (AvgIpc) is 2.88. The van der Waals surface area contributed by atoms with E-state index in [-0.39, 0.29) is 5.75 Å². The third-order valence-corrected chi connectivity index (χ3v) is 3.84. The van der Waals surface area contributed by atoms with Crippen molar-refractivity contribution in [3.8, 4) is 11.8 Å². The van der Waals surface area contributed by atoms with Crippen LogP contribution in [0.1, 0.15) is 4.88 Å². The van der Waals surface area contributed by atoms with Gasteiger partial charge in [0.05, 0.1) is 16.9 Å². The molecule has 0 fully saturated rings. The molecule has 3 rings (SSSR count). The molecule has 0 atom stereocenters. The minimum Gasteiger partial charge on any atom is -0.872 e. The molecule has 20 heavy (non-hydrogen) atoms. The Bertz CT molecular complexity index is 844. The number of nitriles is 1. The Hall–Kier alpha value is -2.03. The van der Waals surface area contributed by atoms with Crippen LogP contribution >= 0.6 is 23.6 Å². The van der Waals surface area contributed by atoms with Gasteiger partial charge in [-0.3, -0.25) is 0 Å². The molecular weight excluding hydrogens is 304 g/mol. The first kappa shape index (κ1) is 13.0. The zero-order chi connectivity index (χ0) is 14.1. The summed E-state index contributed by atoms with van der Waals surface area (Å²) in [4.78, 5) is 0.650. The minimum atomic E-state index is -0.289. The van der Waals surface area contributed by atoms with Crippen molar-refractivity contribution in [1.82, 2.24) is 14.6 Å². The normalized spacial score (nSPS) is 11.0. The Morgan fingerprint density at radius 3 is 2.85 bits per heavy atom. The van der Waals surface area contributed by atoms with Crippen LogP contribution in [-0.2, 0) is 9.37 Å². The zero-order valence-electron chi connectivity index (χ0n) is 9.43. The number of rotatable bonds is 3. The number of hydrogen-bond acceptors (Lipinski definition) is 10. The molecule has 0 aliphatic rings. The summed E-state index contributed by atoms with van der Waals surface area (Å²) >= 11 is 1.61. The predicted octanol–water partition coefficient (Wildman–Crippen LogP) is 1.61. The lowest BCUT2D eigenvalue weighted by atomic mass is 10.2. The van der Waals surface area contributed by atoms with Crippen LogP contribution in [0.2, 0.25) is 0 Å². The van der Waals surface area contributed by atoms with E-state index in [0.29, 0.717) is 43.8 Å². The number of aromatic nitrogens is 3. The summed E-state index contributed by atoms with van der Waals surface area (Å²) in [6.45, 7) is 0. The summed E-state index contributed by atoms with van der Waals surface area (Å²) in [5, 5.41) is 40.7. The third kappa shape index (κ3) is 2.03. The lowest BCUT2D eigenvalue weighted by Crippen LogP contribution is -1.95. The molecule has 0 unspecified atom stereocenters. The van der Waals surface area contributed by atoms with Gasteiger partial charge in [0.2, 0.25) is 0 Å². The SMILES string of the molecule is N#Cc1snc2c1nnc1c(SOOO)cc([O-])cc12. The van der Waals surface area contributed by atoms with Gasteiger partial charge in [0.1, 0.15) is 22.6 Å². The van der Waals surface area contributed by atoms with E-state index < -0.39 is 0 Å². The Labute approximate surface area is 119 Å². The molecule has 10 heteroatoms. The summed E-state index contributed by atoms with van der Waals surface area (Å²) in [6.07, 6.45) is 0. The van der Waals surface area contributed by atoms with Crippen LogP contribution in [0.15, 0.2) is 17.0 Å². The summed E-state index contributed by atoms with van der Waals surface area (Å²) in [7, 11) is 0. The van der Waals surface area contributed by atoms with Crippen molar-refractivity contribution in [2.75, 3.05) is 0 Å². The van der Waals surface area contributed by atoms with Gasteiger partial charge in [-0.15, -0.1) is 20.3 Å². The maximum Gasteiger partial charge on any atom is 0.153 e. The molecule has 1 aromatic carbocycles. The van der Waals surface area contributed by atoms with E-state index in [2.05, 4.69) is 23.9 Å². The Morgan fingerprint density at radius 2 is 2.10 bits per heavy atom. The predicted molar refractivity (Wildman–Crippen MR) is 67.5 cm³/mol. The molecule has 0 spiro atoms. The quantitative estimate of drug-likeness (QED) is 0.436. The fraction of sp³-hybridized carbons (Fsp3) is 0. The number of benzene rings is 1. The van der Waals surface area contributed by atoms with Crippen molar-refractivity contribution < 1.29 is 19.7 Å². The highest BCUT2D eigenvalue weighted by atomic mass is 32.2. The summed E-state index contributed by atoms with van der Waals surface area (Å²) in [5.41, 5.74) is 1.15. The van der Waals surface area contributed by atoms with E-state index in [4.69, 9.17) is 10.5 Å². The molecule has 0 aliphatic heterocycles. The minimum absolute atomic E-state index is 0.289. The summed E-state index contributed by atoms with van der Waals surface area (Å²) in [6, 6.07) is 4.60. The largest absolute Gasteiger partial charge is 0.872 e. The van der Waals surface area contributed by atoms with Crippen molar-refractivity contribution >= 4 is 45.5 Å². The molecule has 1 N–H and O–H groups in total. The van der Waals surface area contributed by atoms with Gasteiger partial charge in [0, 0.05) is 5.39 Å². The van der Waals surface area contributed by atoms with Crippen LogP contribution in [-0.4, -0.2) is 19.8 Å². The van der Waals surface area contributed by atoms with E-state index in [0.717, 1.165) is 11.5 Å². The Balaban J connectivity index is 2.31. The monoisotopic (exact) mass is 307 g/mol. The van der Waals surface area contributed by atoms with E-state index in [1.165, 1.54) is 12.1 Å². The van der Waals surface area contributed by atoms with Gasteiger partial charge in [0.15, 0.2) is 4.88 Å². The van der Waals surface area contributed by atoms with Gasteiger partial charge in [0.25, 0.3) is 0 Å². The fourth-order valence-electron chi connectivity index (χ4n) is 1.71. The van der Waals surface area contributed by atoms with Crippen LogP contribution in [0.5, 0.6) is 5.75 Å². The molecule has 8 nitrogen and oxygen atoms in total. The second-order valence-electron chi connectivity index (χ2n) is 3.56. The molecule has 0 bridgehead atoms. The van der Waals surface area contributed by atoms with Crippen molar-refractivity contribution in [1.29, 1.82) is 5.26 Å². The summed E-state index contributed by atoms with van der Waals surface area (Å²) in [5.74, 6) is -0.289. The van der Waals surface area contributed by atoms with E-state index in [1.807, 2.05) is 6.07 Å². The molecule has 0 radical (unpaired) electrons. The Morgan fingerprint density at radius 1 is 1.30 bits per heavy atom. The molecule has 100 valence electrons. The van der Waals surface area contributed by atoms with Gasteiger partial charge in [-0.25, -0.2) is 5.26 Å². The second kappa shape index (κ2) is 5.16. The maximum atomic E-state index is 11.7. The van der Waals surface area contributed by atoms with Crippen LogP contribution in [0, 0.1) is 11.3 Å². The molecule has 0 saturated carbocycles. The van der Waals surface area contributed by atoms with Crippen molar-refractivity contribution in [3.63, 3.8) is 0 Å². The molecule has 2 heterocycles. The average molecular weight is 307 g/mol. The van der Waals surface area contributed by atoms with E-state index in [1.54, 1.807) is 0 Å². The van der Waals surface area contributed by atoms with Gasteiger partial charge in [-0.05, 0) is 11.5 Å². The first-order chi connectivity index (χ1) is 9.74. The Kier molecular flexibility index (Phi) is 3.35. The highest BCUT2D eigenvalue weighted by molar-refractivity contribution is 7.94. The zero-order valence-corrected chi connectivity index (χ0v) is 11.1. The smallest absolute Gasteiger partial charge is 0.153 e. The highest BCUT2D eigenvalue weighted by Gasteiger charge is 2.14. The third-order valence-electron chi connectivity index (χ3n) is 2.48. The van der Waals surface area contributed by atoms with Crippen molar-refractivity contribution in [2.24, 2.45) is 0 Å². The highest BCUT2D eigenvalue weighted by Crippen LogP contribution is 2.34. The fourth-order valence-corrected chi connectivity index (χ4v) is 2.84. The lowest BCUT2D eigenvalue weighted by molar-refractivity contribution is -0.432. The molecule has 2 aromatic heterocycles. The molecular formula is C10H3N4O4S2-.